The maximum Gasteiger partial charge on any atom is 0.305 e. The lowest BCUT2D eigenvalue weighted by Gasteiger charge is -2.33. The molecule has 13 nitrogen and oxygen atoms in total. The summed E-state index contributed by atoms with van der Waals surface area (Å²) in [5.41, 5.74) is 5.33. The van der Waals surface area contributed by atoms with E-state index in [0.717, 1.165) is 54.9 Å². The molecule has 1 fully saturated rings. The van der Waals surface area contributed by atoms with Crippen molar-refractivity contribution in [3.8, 4) is 5.75 Å². The zero-order chi connectivity index (χ0) is 34.8. The number of anilines is 3. The summed E-state index contributed by atoms with van der Waals surface area (Å²) in [6.45, 7) is 6.30. The summed E-state index contributed by atoms with van der Waals surface area (Å²) in [6.07, 6.45) is 2.76. The van der Waals surface area contributed by atoms with Gasteiger partial charge in [-0.3, -0.25) is 15.2 Å². The lowest BCUT2D eigenvalue weighted by Crippen LogP contribution is -2.35. The Bertz CT molecular complexity index is 1930. The second-order valence-electron chi connectivity index (χ2n) is 11.9. The molecule has 0 spiro atoms. The second-order valence-corrected chi connectivity index (χ2v) is 15.4. The van der Waals surface area contributed by atoms with Gasteiger partial charge in [-0.2, -0.15) is 9.49 Å². The lowest BCUT2D eigenvalue weighted by molar-refractivity contribution is -0.387. The number of hydrogen-bond acceptors (Lipinski definition) is 12. The minimum absolute atomic E-state index is 0.0348. The van der Waals surface area contributed by atoms with E-state index in [1.165, 1.54) is 39.2 Å². The number of aromatic amines is 1. The van der Waals surface area contributed by atoms with Crippen molar-refractivity contribution < 1.29 is 26.9 Å². The fraction of sp³-hybridized carbons (Fsp3) is 0.387. The topological polar surface area (TPSA) is 182 Å². The standard InChI is InChI=1S/C31H36F2N8O5S2/c1-18-16-25(39-38-18)35-28-27(46-4)29(40-14-11-19(10-13-34)12-15-40)37-30(36-28)47-24-9-8-20(17-22(24)32)48(44,45)31(2,3)21-6-5-7-23(26(21)33)41(42)43/h5-9,16-17,19H,10-15,34H2,1-4H3,(H2,35,36,37,38,39). The monoisotopic (exact) mass is 702 g/mol. The Kier molecular flexibility index (Phi) is 10.2. The maximum absolute atomic E-state index is 15.7. The van der Waals surface area contributed by atoms with E-state index in [1.807, 2.05) is 6.92 Å². The number of H-pyrrole nitrogens is 1. The van der Waals surface area contributed by atoms with Gasteiger partial charge in [0.15, 0.2) is 32.4 Å². The fourth-order valence-electron chi connectivity index (χ4n) is 5.62. The summed E-state index contributed by atoms with van der Waals surface area (Å²) in [4.78, 5) is 21.4. The number of nitrogens with zero attached hydrogens (tertiary/aromatic N) is 5. The third kappa shape index (κ3) is 6.93. The highest BCUT2D eigenvalue weighted by molar-refractivity contribution is 7.99. The SMILES string of the molecule is COc1c(Nc2cc(C)[nH]n2)nc(Sc2ccc(S(=O)(=O)C(C)(C)c3cccc([N+](=O)[O-])c3F)cc2F)nc1N1CCC(CCN)CC1. The van der Waals surface area contributed by atoms with Gasteiger partial charge in [0.05, 0.1) is 26.6 Å². The Balaban J connectivity index is 1.49. The summed E-state index contributed by atoms with van der Waals surface area (Å²) in [6, 6.07) is 8.42. The summed E-state index contributed by atoms with van der Waals surface area (Å²) in [5.74, 6) is 0.0372. The van der Waals surface area contributed by atoms with Gasteiger partial charge >= 0.3 is 5.69 Å². The average Bonchev–Trinajstić information content (AvgIpc) is 3.46. The van der Waals surface area contributed by atoms with Crippen molar-refractivity contribution in [3.63, 3.8) is 0 Å². The van der Waals surface area contributed by atoms with E-state index in [0.29, 0.717) is 48.8 Å². The Morgan fingerprint density at radius 2 is 1.92 bits per heavy atom. The highest BCUT2D eigenvalue weighted by Gasteiger charge is 2.41. The molecule has 2 aromatic heterocycles. The summed E-state index contributed by atoms with van der Waals surface area (Å²) in [5, 5.41) is 21.7. The number of nitrogens with two attached hydrogens (primary N) is 1. The Hall–Kier alpha value is -4.35. The quantitative estimate of drug-likeness (QED) is 0.0908. The predicted octanol–water partition coefficient (Wildman–Crippen LogP) is 5.87. The van der Waals surface area contributed by atoms with Gasteiger partial charge in [-0.15, -0.1) is 0 Å². The van der Waals surface area contributed by atoms with E-state index in [4.69, 9.17) is 15.5 Å². The van der Waals surface area contributed by atoms with Crippen molar-refractivity contribution in [1.29, 1.82) is 0 Å². The number of benzene rings is 2. The van der Waals surface area contributed by atoms with E-state index < -0.39 is 47.3 Å². The maximum atomic E-state index is 15.7. The molecular formula is C31H36F2N8O5S2. The number of aromatic nitrogens is 4. The number of rotatable bonds is 12. The van der Waals surface area contributed by atoms with E-state index in [1.54, 1.807) is 6.07 Å². The number of halogens is 2. The molecule has 1 aliphatic heterocycles. The zero-order valence-corrected chi connectivity index (χ0v) is 28.4. The summed E-state index contributed by atoms with van der Waals surface area (Å²) in [7, 11) is -2.93. The number of sulfone groups is 1. The van der Waals surface area contributed by atoms with Gasteiger partial charge in [0, 0.05) is 36.5 Å². The molecule has 3 heterocycles. The molecule has 1 aliphatic rings. The number of piperidine rings is 1. The van der Waals surface area contributed by atoms with Crippen molar-refractivity contribution >= 4 is 44.7 Å². The molecule has 0 amide bonds. The number of methoxy groups -OCH3 is 1. The Morgan fingerprint density at radius 3 is 2.52 bits per heavy atom. The predicted molar refractivity (Wildman–Crippen MR) is 178 cm³/mol. The van der Waals surface area contributed by atoms with Crippen LogP contribution in [0.1, 0.15) is 44.4 Å². The number of nitro groups is 1. The minimum atomic E-state index is -4.44. The molecule has 2 aromatic carbocycles. The highest BCUT2D eigenvalue weighted by Crippen LogP contribution is 2.42. The van der Waals surface area contributed by atoms with Crippen LogP contribution in [0.4, 0.5) is 31.9 Å². The zero-order valence-electron chi connectivity index (χ0n) is 26.8. The number of hydrogen-bond donors (Lipinski definition) is 3. The van der Waals surface area contributed by atoms with Crippen LogP contribution in [0.25, 0.3) is 0 Å². The molecule has 17 heteroatoms. The molecule has 4 N–H and O–H groups in total. The molecule has 0 saturated carbocycles. The van der Waals surface area contributed by atoms with Gasteiger partial charge in [0.2, 0.25) is 11.6 Å². The first-order chi connectivity index (χ1) is 22.8. The summed E-state index contributed by atoms with van der Waals surface area (Å²) < 4.78 is 62.0. The smallest absolute Gasteiger partial charge is 0.305 e. The van der Waals surface area contributed by atoms with E-state index in [2.05, 4.69) is 25.4 Å². The fourth-order valence-corrected chi connectivity index (χ4v) is 7.92. The molecule has 0 atom stereocenters. The Labute approximate surface area is 280 Å². The van der Waals surface area contributed by atoms with Crippen LogP contribution >= 0.6 is 11.8 Å². The molecule has 48 heavy (non-hydrogen) atoms. The molecule has 5 rings (SSSR count). The molecule has 1 saturated heterocycles. The van der Waals surface area contributed by atoms with Crippen molar-refractivity contribution in [2.45, 2.75) is 59.7 Å². The third-order valence-corrected chi connectivity index (χ3v) is 11.7. The first-order valence-corrected chi connectivity index (χ1v) is 17.4. The van der Waals surface area contributed by atoms with Crippen LogP contribution in [-0.2, 0) is 14.6 Å². The highest BCUT2D eigenvalue weighted by atomic mass is 32.2. The van der Waals surface area contributed by atoms with Crippen LogP contribution in [0, 0.1) is 34.6 Å². The van der Waals surface area contributed by atoms with Gasteiger partial charge in [-0.1, -0.05) is 12.1 Å². The molecule has 0 aliphatic carbocycles. The van der Waals surface area contributed by atoms with Crippen molar-refractivity contribution in [2.75, 3.05) is 37.0 Å². The van der Waals surface area contributed by atoms with Gasteiger partial charge < -0.3 is 20.7 Å². The largest absolute Gasteiger partial charge is 0.490 e. The van der Waals surface area contributed by atoms with Crippen LogP contribution in [0.2, 0.25) is 0 Å². The van der Waals surface area contributed by atoms with Crippen molar-refractivity contribution in [3.05, 3.63) is 75.5 Å². The normalized spacial score (nSPS) is 14.3. The number of nitrogens with one attached hydrogen (secondary N) is 2. The Morgan fingerprint density at radius 1 is 1.19 bits per heavy atom. The van der Waals surface area contributed by atoms with E-state index in [9.17, 15) is 18.5 Å². The third-order valence-electron chi connectivity index (χ3n) is 8.38. The van der Waals surface area contributed by atoms with Gasteiger partial charge in [-0.05, 0) is 82.5 Å². The minimum Gasteiger partial charge on any atom is -0.490 e. The molecule has 0 unspecified atom stereocenters. The van der Waals surface area contributed by atoms with Crippen LogP contribution in [0.15, 0.2) is 57.4 Å². The van der Waals surface area contributed by atoms with Crippen LogP contribution in [0.3, 0.4) is 0 Å². The molecule has 4 aromatic rings. The summed E-state index contributed by atoms with van der Waals surface area (Å²) >= 11 is 0.887. The average molecular weight is 703 g/mol. The lowest BCUT2D eigenvalue weighted by atomic mass is 9.93. The van der Waals surface area contributed by atoms with Crippen LogP contribution in [0.5, 0.6) is 5.75 Å². The van der Waals surface area contributed by atoms with Gasteiger partial charge in [0.1, 0.15) is 5.82 Å². The van der Waals surface area contributed by atoms with Crippen molar-refractivity contribution in [2.24, 2.45) is 11.7 Å². The van der Waals surface area contributed by atoms with Crippen LogP contribution < -0.4 is 20.7 Å². The number of aryl methyl sites for hydroxylation is 1. The number of nitro benzene ring substituents is 1. The molecule has 0 radical (unpaired) electrons. The molecule has 0 bridgehead atoms. The van der Waals surface area contributed by atoms with Crippen molar-refractivity contribution in [1.82, 2.24) is 20.2 Å². The van der Waals surface area contributed by atoms with E-state index >= 15 is 8.78 Å². The first kappa shape index (κ1) is 35.0. The first-order valence-electron chi connectivity index (χ1n) is 15.1. The second kappa shape index (κ2) is 14.0. The van der Waals surface area contributed by atoms with Gasteiger partial charge in [0.25, 0.3) is 0 Å². The molecular weight excluding hydrogens is 667 g/mol. The number of ether oxygens (including phenoxy) is 1. The van der Waals surface area contributed by atoms with E-state index in [-0.39, 0.29) is 10.1 Å². The molecule has 256 valence electrons. The van der Waals surface area contributed by atoms with Gasteiger partial charge in [-0.25, -0.2) is 22.8 Å². The van der Waals surface area contributed by atoms with Crippen LogP contribution in [-0.4, -0.2) is 60.3 Å².